The van der Waals surface area contributed by atoms with Crippen molar-refractivity contribution in [1.29, 1.82) is 0 Å². The van der Waals surface area contributed by atoms with Gasteiger partial charge in [0.1, 0.15) is 5.75 Å². The highest BCUT2D eigenvalue weighted by Gasteiger charge is 2.13. The molecule has 2 N–H and O–H groups in total. The quantitative estimate of drug-likeness (QED) is 0.798. The highest BCUT2D eigenvalue weighted by molar-refractivity contribution is 9.10. The average molecular weight is 341 g/mol. The molecule has 19 heavy (non-hydrogen) atoms. The molecule has 0 aliphatic heterocycles. The van der Waals surface area contributed by atoms with Gasteiger partial charge in [0.05, 0.1) is 16.3 Å². The van der Waals surface area contributed by atoms with Crippen molar-refractivity contribution in [2.45, 2.75) is 6.92 Å². The molecule has 0 aromatic heterocycles. The molecular formula is C14H11BrClNO2. The van der Waals surface area contributed by atoms with Gasteiger partial charge in [-0.2, -0.15) is 0 Å². The highest BCUT2D eigenvalue weighted by Crippen LogP contribution is 2.27. The predicted octanol–water partition coefficient (Wildman–Crippen LogP) is 4.37. The van der Waals surface area contributed by atoms with Crippen molar-refractivity contribution < 1.29 is 9.90 Å². The Kier molecular flexibility index (Phi) is 4.12. The number of rotatable bonds is 2. The lowest BCUT2D eigenvalue weighted by atomic mass is 10.1. The van der Waals surface area contributed by atoms with Crippen molar-refractivity contribution in [2.24, 2.45) is 0 Å². The Balaban J connectivity index is 2.28. The minimum absolute atomic E-state index is 0.0553. The maximum atomic E-state index is 12.2. The lowest BCUT2D eigenvalue weighted by Gasteiger charge is -2.10. The van der Waals surface area contributed by atoms with Crippen LogP contribution in [0.25, 0.3) is 0 Å². The normalized spacial score (nSPS) is 10.3. The maximum Gasteiger partial charge on any atom is 0.256 e. The molecule has 0 saturated heterocycles. The fraction of sp³-hybridized carbons (Fsp3) is 0.0714. The second-order valence-corrected chi connectivity index (χ2v) is 5.25. The first-order chi connectivity index (χ1) is 8.99. The lowest BCUT2D eigenvalue weighted by Crippen LogP contribution is -2.13. The van der Waals surface area contributed by atoms with E-state index in [1.807, 2.05) is 19.1 Å². The summed E-state index contributed by atoms with van der Waals surface area (Å²) < 4.78 is 0.752. The smallest absolute Gasteiger partial charge is 0.256 e. The number of phenols is 1. The summed E-state index contributed by atoms with van der Waals surface area (Å²) in [5.41, 5.74) is 1.96. The van der Waals surface area contributed by atoms with Crippen LogP contribution < -0.4 is 5.32 Å². The van der Waals surface area contributed by atoms with Gasteiger partial charge in [-0.3, -0.25) is 4.79 Å². The Morgan fingerprint density at radius 3 is 2.74 bits per heavy atom. The fourth-order valence-corrected chi connectivity index (χ4v) is 2.28. The molecule has 2 aromatic rings. The largest absolute Gasteiger partial charge is 0.508 e. The number of phenolic OH excluding ortho intramolecular Hbond substituents is 1. The SMILES string of the molecule is Cc1cccc(C(=O)Nc2ccc(O)cc2Cl)c1Br. The standard InChI is InChI=1S/C14H11BrClNO2/c1-8-3-2-4-10(13(8)15)14(19)17-12-6-5-9(18)7-11(12)16/h2-7,18H,1H3,(H,17,19). The Labute approximate surface area is 124 Å². The van der Waals surface area contributed by atoms with Gasteiger partial charge in [-0.25, -0.2) is 0 Å². The van der Waals surface area contributed by atoms with E-state index >= 15 is 0 Å². The minimum Gasteiger partial charge on any atom is -0.508 e. The second-order valence-electron chi connectivity index (χ2n) is 4.05. The summed E-state index contributed by atoms with van der Waals surface area (Å²) in [5.74, 6) is -0.206. The third kappa shape index (κ3) is 3.08. The van der Waals surface area contributed by atoms with Crippen LogP contribution in [0.3, 0.4) is 0 Å². The van der Waals surface area contributed by atoms with Crippen LogP contribution in [0.15, 0.2) is 40.9 Å². The van der Waals surface area contributed by atoms with E-state index in [0.717, 1.165) is 10.0 Å². The Morgan fingerprint density at radius 2 is 2.05 bits per heavy atom. The van der Waals surface area contributed by atoms with Gasteiger partial charge in [-0.15, -0.1) is 0 Å². The van der Waals surface area contributed by atoms with Crippen LogP contribution in [0.5, 0.6) is 5.75 Å². The van der Waals surface area contributed by atoms with Crippen LogP contribution >= 0.6 is 27.5 Å². The van der Waals surface area contributed by atoms with E-state index in [1.165, 1.54) is 12.1 Å². The van der Waals surface area contributed by atoms with Crippen molar-refractivity contribution >= 4 is 39.1 Å². The first kappa shape index (κ1) is 13.9. The van der Waals surface area contributed by atoms with Crippen molar-refractivity contribution in [3.05, 3.63) is 57.0 Å². The summed E-state index contributed by atoms with van der Waals surface area (Å²) in [7, 11) is 0. The van der Waals surface area contributed by atoms with E-state index in [-0.39, 0.29) is 16.7 Å². The molecule has 1 amide bonds. The van der Waals surface area contributed by atoms with Crippen molar-refractivity contribution in [2.75, 3.05) is 5.32 Å². The molecule has 3 nitrogen and oxygen atoms in total. The number of anilines is 1. The molecule has 0 spiro atoms. The molecule has 0 atom stereocenters. The van der Waals surface area contributed by atoms with Crippen LogP contribution in [-0.4, -0.2) is 11.0 Å². The zero-order valence-corrected chi connectivity index (χ0v) is 12.4. The van der Waals surface area contributed by atoms with E-state index in [4.69, 9.17) is 11.6 Å². The number of hydrogen-bond acceptors (Lipinski definition) is 2. The number of benzene rings is 2. The van der Waals surface area contributed by atoms with Crippen molar-refractivity contribution in [3.8, 4) is 5.75 Å². The van der Waals surface area contributed by atoms with Gasteiger partial charge in [-0.05, 0) is 46.6 Å². The van der Waals surface area contributed by atoms with Crippen LogP contribution in [0.4, 0.5) is 5.69 Å². The van der Waals surface area contributed by atoms with Crippen LogP contribution in [-0.2, 0) is 0 Å². The van der Waals surface area contributed by atoms with Gasteiger partial charge in [0.15, 0.2) is 0 Å². The molecule has 0 saturated carbocycles. The first-order valence-electron chi connectivity index (χ1n) is 5.54. The third-order valence-electron chi connectivity index (χ3n) is 2.64. The zero-order chi connectivity index (χ0) is 14.0. The summed E-state index contributed by atoms with van der Waals surface area (Å²) in [5, 5.41) is 12.3. The Bertz CT molecular complexity index is 643. The molecule has 2 aromatic carbocycles. The summed E-state index contributed by atoms with van der Waals surface area (Å²) in [6, 6.07) is 9.84. The maximum absolute atomic E-state index is 12.2. The van der Waals surface area contributed by atoms with Crippen LogP contribution in [0.1, 0.15) is 15.9 Å². The van der Waals surface area contributed by atoms with Gasteiger partial charge in [0.2, 0.25) is 0 Å². The number of halogens is 2. The number of hydrogen-bond donors (Lipinski definition) is 2. The first-order valence-corrected chi connectivity index (χ1v) is 6.71. The van der Waals surface area contributed by atoms with Gasteiger partial charge in [0.25, 0.3) is 5.91 Å². The van der Waals surface area contributed by atoms with Crippen LogP contribution in [0.2, 0.25) is 5.02 Å². The number of carbonyl (C=O) groups is 1. The highest BCUT2D eigenvalue weighted by atomic mass is 79.9. The molecule has 5 heteroatoms. The van der Waals surface area contributed by atoms with E-state index in [2.05, 4.69) is 21.2 Å². The molecular weight excluding hydrogens is 330 g/mol. The summed E-state index contributed by atoms with van der Waals surface area (Å²) >= 11 is 9.34. The predicted molar refractivity (Wildman–Crippen MR) is 79.9 cm³/mol. The topological polar surface area (TPSA) is 49.3 Å². The van der Waals surface area contributed by atoms with Gasteiger partial charge < -0.3 is 10.4 Å². The third-order valence-corrected chi connectivity index (χ3v) is 4.00. The molecule has 0 radical (unpaired) electrons. The fourth-order valence-electron chi connectivity index (χ4n) is 1.62. The van der Waals surface area contributed by atoms with Crippen LogP contribution in [0, 0.1) is 6.92 Å². The molecule has 98 valence electrons. The van der Waals surface area contributed by atoms with E-state index < -0.39 is 0 Å². The molecule has 0 aliphatic carbocycles. The molecule has 0 unspecified atom stereocenters. The molecule has 2 rings (SSSR count). The van der Waals surface area contributed by atoms with Gasteiger partial charge in [-0.1, -0.05) is 23.7 Å². The number of nitrogens with one attached hydrogen (secondary N) is 1. The van der Waals surface area contributed by atoms with Crippen molar-refractivity contribution in [3.63, 3.8) is 0 Å². The molecule has 0 bridgehead atoms. The van der Waals surface area contributed by atoms with Crippen molar-refractivity contribution in [1.82, 2.24) is 0 Å². The second kappa shape index (κ2) is 5.63. The zero-order valence-electron chi connectivity index (χ0n) is 10.1. The lowest BCUT2D eigenvalue weighted by molar-refractivity contribution is 0.102. The summed E-state index contributed by atoms with van der Waals surface area (Å²) in [4.78, 5) is 12.2. The molecule has 0 aliphatic rings. The monoisotopic (exact) mass is 339 g/mol. The average Bonchev–Trinajstić information content (AvgIpc) is 2.36. The molecule has 0 heterocycles. The summed E-state index contributed by atoms with van der Waals surface area (Å²) in [6.07, 6.45) is 0. The van der Waals surface area contributed by atoms with E-state index in [1.54, 1.807) is 12.1 Å². The number of carbonyl (C=O) groups excluding carboxylic acids is 1. The number of aryl methyl sites for hydroxylation is 1. The number of aromatic hydroxyl groups is 1. The van der Waals surface area contributed by atoms with Gasteiger partial charge in [0, 0.05) is 10.5 Å². The van der Waals surface area contributed by atoms with E-state index in [0.29, 0.717) is 11.3 Å². The van der Waals surface area contributed by atoms with Gasteiger partial charge >= 0.3 is 0 Å². The summed E-state index contributed by atoms with van der Waals surface area (Å²) in [6.45, 7) is 1.91. The Hall–Kier alpha value is -1.52. The number of amides is 1. The molecule has 0 fully saturated rings. The Morgan fingerprint density at radius 1 is 1.32 bits per heavy atom. The van der Waals surface area contributed by atoms with E-state index in [9.17, 15) is 9.90 Å². The minimum atomic E-state index is -0.261.